The van der Waals surface area contributed by atoms with Gasteiger partial charge in [0.1, 0.15) is 17.5 Å². The van der Waals surface area contributed by atoms with Crippen LogP contribution in [0.3, 0.4) is 0 Å². The Hall–Kier alpha value is -2.71. The summed E-state index contributed by atoms with van der Waals surface area (Å²) < 4.78 is 28.5. The smallest absolute Gasteiger partial charge is 0.262 e. The molecule has 0 bridgehead atoms. The van der Waals surface area contributed by atoms with E-state index in [4.69, 9.17) is 0 Å². The molecule has 3 heterocycles. The summed E-state index contributed by atoms with van der Waals surface area (Å²) in [4.78, 5) is 12.8. The lowest BCUT2D eigenvalue weighted by Crippen LogP contribution is -2.42. The first-order valence-corrected chi connectivity index (χ1v) is 11.7. The van der Waals surface area contributed by atoms with E-state index < -0.39 is 10.0 Å². The molecular formula is C19H26N8O2S. The second kappa shape index (κ2) is 8.57. The minimum absolute atomic E-state index is 0.0625. The molecule has 10 nitrogen and oxygen atoms in total. The molecule has 2 aromatic rings. The van der Waals surface area contributed by atoms with Gasteiger partial charge in [0.25, 0.3) is 10.0 Å². The highest BCUT2D eigenvalue weighted by Gasteiger charge is 2.31. The van der Waals surface area contributed by atoms with Crippen LogP contribution in [0.5, 0.6) is 0 Å². The minimum atomic E-state index is -3.57. The van der Waals surface area contributed by atoms with Gasteiger partial charge in [-0.15, -0.1) is 0 Å². The van der Waals surface area contributed by atoms with Crippen molar-refractivity contribution in [3.05, 3.63) is 24.3 Å². The third kappa shape index (κ3) is 4.39. The second-order valence-electron chi connectivity index (χ2n) is 7.89. The summed E-state index contributed by atoms with van der Waals surface area (Å²) >= 11 is 0. The number of aryl methyl sites for hydroxylation is 1. The largest absolute Gasteiger partial charge is 0.366 e. The Balaban J connectivity index is 1.38. The van der Waals surface area contributed by atoms with Crippen LogP contribution in [0, 0.1) is 11.3 Å². The average molecular weight is 431 g/mol. The Morgan fingerprint density at radius 3 is 2.43 bits per heavy atom. The highest BCUT2D eigenvalue weighted by atomic mass is 32.2. The molecule has 0 atom stereocenters. The SMILES string of the molecule is Cn1cnc(S(=O)(=O)N2CCC(Nc3ncc(C#N)c(NC4CCCC4)n3)CC2)c1. The molecule has 30 heavy (non-hydrogen) atoms. The quantitative estimate of drug-likeness (QED) is 0.708. The number of hydrogen-bond acceptors (Lipinski definition) is 8. The van der Waals surface area contributed by atoms with Gasteiger partial charge in [-0.05, 0) is 25.7 Å². The van der Waals surface area contributed by atoms with Gasteiger partial charge in [-0.1, -0.05) is 12.8 Å². The van der Waals surface area contributed by atoms with Gasteiger partial charge >= 0.3 is 0 Å². The van der Waals surface area contributed by atoms with Crippen molar-refractivity contribution in [3.8, 4) is 6.07 Å². The van der Waals surface area contributed by atoms with Gasteiger partial charge in [0.05, 0.1) is 12.5 Å². The van der Waals surface area contributed by atoms with Gasteiger partial charge in [0.15, 0.2) is 5.03 Å². The molecule has 1 aliphatic heterocycles. The topological polar surface area (TPSA) is 129 Å². The molecule has 0 unspecified atom stereocenters. The number of nitrogens with zero attached hydrogens (tertiary/aromatic N) is 6. The lowest BCUT2D eigenvalue weighted by atomic mass is 10.1. The predicted molar refractivity (Wildman–Crippen MR) is 111 cm³/mol. The fraction of sp³-hybridized carbons (Fsp3) is 0.579. The summed E-state index contributed by atoms with van der Waals surface area (Å²) in [5.74, 6) is 1.03. The maximum atomic E-state index is 12.7. The third-order valence-electron chi connectivity index (χ3n) is 5.68. The van der Waals surface area contributed by atoms with E-state index in [0.717, 1.165) is 12.8 Å². The first-order valence-electron chi connectivity index (χ1n) is 10.2. The van der Waals surface area contributed by atoms with Crippen molar-refractivity contribution in [3.63, 3.8) is 0 Å². The second-order valence-corrected chi connectivity index (χ2v) is 9.78. The average Bonchev–Trinajstić information content (AvgIpc) is 3.41. The van der Waals surface area contributed by atoms with Crippen LogP contribution in [0.15, 0.2) is 23.7 Å². The van der Waals surface area contributed by atoms with Crippen molar-refractivity contribution >= 4 is 21.8 Å². The molecule has 1 saturated heterocycles. The summed E-state index contributed by atoms with van der Waals surface area (Å²) in [6, 6.07) is 2.55. The fourth-order valence-corrected chi connectivity index (χ4v) is 5.42. The summed E-state index contributed by atoms with van der Waals surface area (Å²) in [5.41, 5.74) is 0.434. The molecule has 0 amide bonds. The molecule has 11 heteroatoms. The molecule has 1 aliphatic carbocycles. The number of aromatic nitrogens is 4. The molecule has 2 aliphatic rings. The molecule has 0 aromatic carbocycles. The van der Waals surface area contributed by atoms with Crippen LogP contribution in [0.4, 0.5) is 11.8 Å². The molecule has 0 spiro atoms. The Labute approximate surface area is 176 Å². The molecule has 2 fully saturated rings. The zero-order chi connectivity index (χ0) is 21.1. The standard InChI is InChI=1S/C19H26N8O2S/c1-26-12-17(22-13-26)30(28,29)27-8-6-16(7-9-27)24-19-21-11-14(10-20)18(25-19)23-15-4-2-3-5-15/h11-13,15-16H,2-9H2,1H3,(H2,21,23,24,25). The van der Waals surface area contributed by atoms with Gasteiger partial charge in [-0.2, -0.15) is 14.6 Å². The normalized spacial score (nSPS) is 18.9. The molecule has 2 aromatic heterocycles. The van der Waals surface area contributed by atoms with Crippen molar-refractivity contribution < 1.29 is 8.42 Å². The molecule has 1 saturated carbocycles. The van der Waals surface area contributed by atoms with Crippen molar-refractivity contribution in [1.82, 2.24) is 23.8 Å². The highest BCUT2D eigenvalue weighted by Crippen LogP contribution is 2.25. The number of sulfonamides is 1. The number of piperidine rings is 1. The molecule has 160 valence electrons. The summed E-state index contributed by atoms with van der Waals surface area (Å²) in [7, 11) is -1.82. The van der Waals surface area contributed by atoms with Crippen LogP contribution in [-0.4, -0.2) is 57.4 Å². The number of anilines is 2. The lowest BCUT2D eigenvalue weighted by Gasteiger charge is -2.31. The van der Waals surface area contributed by atoms with Crippen molar-refractivity contribution in [1.29, 1.82) is 5.26 Å². The van der Waals surface area contributed by atoms with Gasteiger partial charge in [0, 0.05) is 38.4 Å². The summed E-state index contributed by atoms with van der Waals surface area (Å²) in [6.45, 7) is 0.806. The Morgan fingerprint density at radius 2 is 1.80 bits per heavy atom. The van der Waals surface area contributed by atoms with E-state index in [1.165, 1.54) is 35.9 Å². The van der Waals surface area contributed by atoms with Crippen LogP contribution in [0.25, 0.3) is 0 Å². The van der Waals surface area contributed by atoms with E-state index in [2.05, 4.69) is 31.7 Å². The minimum Gasteiger partial charge on any atom is -0.366 e. The number of hydrogen-bond donors (Lipinski definition) is 2. The van der Waals surface area contributed by atoms with Gasteiger partial charge < -0.3 is 15.2 Å². The molecule has 2 N–H and O–H groups in total. The highest BCUT2D eigenvalue weighted by molar-refractivity contribution is 7.89. The van der Waals surface area contributed by atoms with Crippen molar-refractivity contribution in [2.24, 2.45) is 7.05 Å². The van der Waals surface area contributed by atoms with Crippen LogP contribution in [-0.2, 0) is 17.1 Å². The van der Waals surface area contributed by atoms with Gasteiger partial charge in [-0.25, -0.2) is 18.4 Å². The van der Waals surface area contributed by atoms with Crippen LogP contribution in [0.1, 0.15) is 44.1 Å². The van der Waals surface area contributed by atoms with E-state index >= 15 is 0 Å². The number of nitriles is 1. The number of nitrogens with one attached hydrogen (secondary N) is 2. The summed E-state index contributed by atoms with van der Waals surface area (Å²) in [5, 5.41) is 16.1. The molecular weight excluding hydrogens is 404 g/mol. The fourth-order valence-electron chi connectivity index (χ4n) is 3.98. The van der Waals surface area contributed by atoms with Crippen molar-refractivity contribution in [2.75, 3.05) is 23.7 Å². The molecule has 0 radical (unpaired) electrons. The first-order chi connectivity index (χ1) is 14.5. The van der Waals surface area contributed by atoms with Gasteiger partial charge in [-0.3, -0.25) is 0 Å². The van der Waals surface area contributed by atoms with E-state index in [0.29, 0.717) is 49.3 Å². The zero-order valence-corrected chi connectivity index (χ0v) is 17.8. The van der Waals surface area contributed by atoms with Crippen LogP contribution < -0.4 is 10.6 Å². The molecule has 4 rings (SSSR count). The Bertz CT molecular complexity index is 1030. The van der Waals surface area contributed by atoms with E-state index in [9.17, 15) is 13.7 Å². The maximum Gasteiger partial charge on any atom is 0.262 e. The van der Waals surface area contributed by atoms with Crippen molar-refractivity contribution in [2.45, 2.75) is 55.6 Å². The number of imidazole rings is 1. The first kappa shape index (κ1) is 20.6. The van der Waals surface area contributed by atoms with E-state index in [1.807, 2.05) is 0 Å². The third-order valence-corrected chi connectivity index (χ3v) is 7.46. The van der Waals surface area contributed by atoms with Gasteiger partial charge in [0.2, 0.25) is 5.95 Å². The van der Waals surface area contributed by atoms with E-state index in [1.54, 1.807) is 11.6 Å². The van der Waals surface area contributed by atoms with E-state index in [-0.39, 0.29) is 11.1 Å². The maximum absolute atomic E-state index is 12.7. The zero-order valence-electron chi connectivity index (χ0n) is 17.0. The summed E-state index contributed by atoms with van der Waals surface area (Å²) in [6.07, 6.45) is 10.4. The lowest BCUT2D eigenvalue weighted by molar-refractivity contribution is 0.328. The monoisotopic (exact) mass is 430 g/mol. The Kier molecular flexibility index (Phi) is 5.87. The van der Waals surface area contributed by atoms with Crippen LogP contribution >= 0.6 is 0 Å². The predicted octanol–water partition coefficient (Wildman–Crippen LogP) is 1.70. The Morgan fingerprint density at radius 1 is 1.10 bits per heavy atom. The number of rotatable bonds is 6. The van der Waals surface area contributed by atoms with Crippen LogP contribution in [0.2, 0.25) is 0 Å².